The normalized spacial score (nSPS) is 10.8. The summed E-state index contributed by atoms with van der Waals surface area (Å²) in [6.45, 7) is 6.92. The van der Waals surface area contributed by atoms with E-state index in [0.717, 1.165) is 12.8 Å². The number of rotatable bonds is 17. The average molecular weight is 509 g/mol. The second-order valence-electron chi connectivity index (χ2n) is 8.11. The first-order chi connectivity index (χ1) is 18.2. The van der Waals surface area contributed by atoms with Gasteiger partial charge in [-0.1, -0.05) is 50.2 Å². The SMILES string of the molecule is CCC(CC)Nc1nc(NCCOCCOCCNC(=O)c2ccccc2)nc(Oc2ccccc2)n1. The molecule has 0 saturated carbocycles. The maximum atomic E-state index is 12.0. The highest BCUT2D eigenvalue weighted by Crippen LogP contribution is 2.20. The first-order valence-corrected chi connectivity index (χ1v) is 12.7. The van der Waals surface area contributed by atoms with Crippen LogP contribution >= 0.6 is 0 Å². The van der Waals surface area contributed by atoms with Crippen LogP contribution in [-0.2, 0) is 9.47 Å². The van der Waals surface area contributed by atoms with Crippen LogP contribution in [0.5, 0.6) is 11.8 Å². The molecular formula is C27H36N6O4. The number of nitrogens with zero attached hydrogens (tertiary/aromatic N) is 3. The Kier molecular flexibility index (Phi) is 12.1. The quantitative estimate of drug-likeness (QED) is 0.231. The summed E-state index contributed by atoms with van der Waals surface area (Å²) in [5.74, 6) is 1.41. The lowest BCUT2D eigenvalue weighted by Crippen LogP contribution is -2.27. The second kappa shape index (κ2) is 16.1. The Hall–Kier alpha value is -3.76. The Morgan fingerprint density at radius 1 is 0.784 bits per heavy atom. The van der Waals surface area contributed by atoms with Crippen molar-refractivity contribution >= 4 is 17.8 Å². The smallest absolute Gasteiger partial charge is 0.328 e. The van der Waals surface area contributed by atoms with Gasteiger partial charge in [-0.25, -0.2) is 0 Å². The van der Waals surface area contributed by atoms with E-state index in [4.69, 9.17) is 14.2 Å². The molecule has 0 aliphatic heterocycles. The first kappa shape index (κ1) is 27.8. The molecule has 3 rings (SSSR count). The van der Waals surface area contributed by atoms with Crippen molar-refractivity contribution in [2.45, 2.75) is 32.7 Å². The van der Waals surface area contributed by atoms with Crippen molar-refractivity contribution in [3.63, 3.8) is 0 Å². The van der Waals surface area contributed by atoms with Crippen LogP contribution in [0.15, 0.2) is 60.7 Å². The first-order valence-electron chi connectivity index (χ1n) is 12.7. The lowest BCUT2D eigenvalue weighted by atomic mass is 10.2. The van der Waals surface area contributed by atoms with Crippen LogP contribution < -0.4 is 20.7 Å². The van der Waals surface area contributed by atoms with E-state index in [2.05, 4.69) is 44.7 Å². The Morgan fingerprint density at radius 3 is 2.08 bits per heavy atom. The van der Waals surface area contributed by atoms with Gasteiger partial charge in [-0.2, -0.15) is 15.0 Å². The molecule has 1 amide bonds. The number of ether oxygens (including phenoxy) is 3. The van der Waals surface area contributed by atoms with Gasteiger partial charge >= 0.3 is 6.01 Å². The minimum absolute atomic E-state index is 0.111. The predicted octanol–water partition coefficient (Wildman–Crippen LogP) is 4.14. The Bertz CT molecular complexity index is 1050. The molecule has 10 heteroatoms. The van der Waals surface area contributed by atoms with Gasteiger partial charge in [-0.05, 0) is 37.1 Å². The van der Waals surface area contributed by atoms with Gasteiger partial charge in [-0.3, -0.25) is 4.79 Å². The van der Waals surface area contributed by atoms with Gasteiger partial charge in [0.05, 0.1) is 26.4 Å². The molecule has 3 aromatic rings. The lowest BCUT2D eigenvalue weighted by molar-refractivity contribution is 0.0519. The van der Waals surface area contributed by atoms with Gasteiger partial charge in [0.15, 0.2) is 0 Å². The molecule has 0 bridgehead atoms. The summed E-state index contributed by atoms with van der Waals surface area (Å²) >= 11 is 0. The molecule has 0 fully saturated rings. The highest BCUT2D eigenvalue weighted by molar-refractivity contribution is 5.94. The highest BCUT2D eigenvalue weighted by atomic mass is 16.5. The van der Waals surface area contributed by atoms with Crippen molar-refractivity contribution in [2.24, 2.45) is 0 Å². The molecule has 0 atom stereocenters. The number of aromatic nitrogens is 3. The molecule has 0 unspecified atom stereocenters. The summed E-state index contributed by atoms with van der Waals surface area (Å²) in [6.07, 6.45) is 1.91. The van der Waals surface area contributed by atoms with Gasteiger partial charge in [0.2, 0.25) is 11.9 Å². The zero-order chi connectivity index (χ0) is 26.1. The van der Waals surface area contributed by atoms with Gasteiger partial charge in [0.25, 0.3) is 5.91 Å². The number of carbonyl (C=O) groups excluding carboxylic acids is 1. The van der Waals surface area contributed by atoms with Crippen LogP contribution in [0.1, 0.15) is 37.0 Å². The summed E-state index contributed by atoms with van der Waals surface area (Å²) in [4.78, 5) is 25.2. The summed E-state index contributed by atoms with van der Waals surface area (Å²) in [6, 6.07) is 19.0. The minimum Gasteiger partial charge on any atom is -0.424 e. The van der Waals surface area contributed by atoms with Crippen molar-refractivity contribution in [2.75, 3.05) is 50.2 Å². The zero-order valence-corrected chi connectivity index (χ0v) is 21.5. The number of anilines is 2. The van der Waals surface area contributed by atoms with Crippen molar-refractivity contribution < 1.29 is 19.0 Å². The number of para-hydroxylation sites is 1. The number of nitrogens with one attached hydrogen (secondary N) is 3. The van der Waals surface area contributed by atoms with Gasteiger partial charge < -0.3 is 30.2 Å². The minimum atomic E-state index is -0.111. The fourth-order valence-electron chi connectivity index (χ4n) is 3.30. The third-order valence-electron chi connectivity index (χ3n) is 5.36. The summed E-state index contributed by atoms with van der Waals surface area (Å²) < 4.78 is 17.0. The Morgan fingerprint density at radius 2 is 1.41 bits per heavy atom. The van der Waals surface area contributed by atoms with Crippen molar-refractivity contribution in [1.82, 2.24) is 20.3 Å². The molecule has 0 spiro atoms. The van der Waals surface area contributed by atoms with Crippen LogP contribution in [0.2, 0.25) is 0 Å². The molecule has 2 aromatic carbocycles. The second-order valence-corrected chi connectivity index (χ2v) is 8.11. The fraction of sp³-hybridized carbons (Fsp3) is 0.407. The maximum Gasteiger partial charge on any atom is 0.328 e. The lowest BCUT2D eigenvalue weighted by Gasteiger charge is -2.16. The number of hydrogen-bond acceptors (Lipinski definition) is 9. The van der Waals surface area contributed by atoms with Crippen LogP contribution in [0.3, 0.4) is 0 Å². The van der Waals surface area contributed by atoms with E-state index in [1.54, 1.807) is 12.1 Å². The molecule has 1 heterocycles. The van der Waals surface area contributed by atoms with Gasteiger partial charge in [-0.15, -0.1) is 0 Å². The highest BCUT2D eigenvalue weighted by Gasteiger charge is 2.12. The molecule has 37 heavy (non-hydrogen) atoms. The van der Waals surface area contributed by atoms with E-state index >= 15 is 0 Å². The van der Waals surface area contributed by atoms with Crippen LogP contribution in [0, 0.1) is 0 Å². The molecule has 10 nitrogen and oxygen atoms in total. The van der Waals surface area contributed by atoms with E-state index in [0.29, 0.717) is 62.7 Å². The van der Waals surface area contributed by atoms with Crippen molar-refractivity contribution in [1.29, 1.82) is 0 Å². The molecule has 0 saturated heterocycles. The fourth-order valence-corrected chi connectivity index (χ4v) is 3.30. The zero-order valence-electron chi connectivity index (χ0n) is 21.5. The molecule has 198 valence electrons. The van der Waals surface area contributed by atoms with Gasteiger partial charge in [0, 0.05) is 24.7 Å². The maximum absolute atomic E-state index is 12.0. The number of amides is 1. The van der Waals surface area contributed by atoms with E-state index in [-0.39, 0.29) is 18.0 Å². The van der Waals surface area contributed by atoms with E-state index < -0.39 is 0 Å². The summed E-state index contributed by atoms with van der Waals surface area (Å²) in [5, 5.41) is 9.33. The molecule has 0 aliphatic carbocycles. The van der Waals surface area contributed by atoms with Crippen LogP contribution in [0.25, 0.3) is 0 Å². The largest absolute Gasteiger partial charge is 0.424 e. The molecule has 1 aromatic heterocycles. The Balaban J connectivity index is 1.36. The standard InChI is InChI=1S/C27H36N6O4/c1-3-22(4-2)30-26-31-25(32-27(33-26)37-23-13-9-6-10-14-23)29-16-18-36-20-19-35-17-15-28-24(34)21-11-7-5-8-12-21/h5-14,22H,3-4,15-20H2,1-2H3,(H,28,34)(H2,29,30,31,32,33). The molecule has 0 aliphatic rings. The van der Waals surface area contributed by atoms with Crippen LogP contribution in [0.4, 0.5) is 11.9 Å². The van der Waals surface area contributed by atoms with Crippen molar-refractivity contribution in [3.8, 4) is 11.8 Å². The molecular weight excluding hydrogens is 472 g/mol. The van der Waals surface area contributed by atoms with Crippen molar-refractivity contribution in [3.05, 3.63) is 66.2 Å². The van der Waals surface area contributed by atoms with E-state index in [9.17, 15) is 4.79 Å². The Labute approximate surface area is 218 Å². The summed E-state index contributed by atoms with van der Waals surface area (Å²) in [5.41, 5.74) is 0.633. The van der Waals surface area contributed by atoms with Crippen LogP contribution in [-0.4, -0.2) is 66.4 Å². The van der Waals surface area contributed by atoms with E-state index in [1.807, 2.05) is 48.5 Å². The third kappa shape index (κ3) is 10.4. The van der Waals surface area contributed by atoms with E-state index in [1.165, 1.54) is 0 Å². The number of benzene rings is 2. The predicted molar refractivity (Wildman–Crippen MR) is 143 cm³/mol. The monoisotopic (exact) mass is 508 g/mol. The summed E-state index contributed by atoms with van der Waals surface area (Å²) in [7, 11) is 0. The third-order valence-corrected chi connectivity index (χ3v) is 5.36. The van der Waals surface area contributed by atoms with Gasteiger partial charge in [0.1, 0.15) is 5.75 Å². The molecule has 0 radical (unpaired) electrons. The topological polar surface area (TPSA) is 120 Å². The molecule has 3 N–H and O–H groups in total. The average Bonchev–Trinajstić information content (AvgIpc) is 2.93. The number of hydrogen-bond donors (Lipinski definition) is 3. The number of carbonyl (C=O) groups is 1.